The fourth-order valence-corrected chi connectivity index (χ4v) is 2.67. The first kappa shape index (κ1) is 10.4. The van der Waals surface area contributed by atoms with Crippen molar-refractivity contribution in [1.29, 1.82) is 0 Å². The zero-order valence-corrected chi connectivity index (χ0v) is 9.47. The lowest BCUT2D eigenvalue weighted by Gasteiger charge is -2.34. The first-order valence-corrected chi connectivity index (χ1v) is 6.36. The van der Waals surface area contributed by atoms with Crippen LogP contribution in [0.25, 0.3) is 0 Å². The minimum atomic E-state index is 0.782. The van der Waals surface area contributed by atoms with Crippen molar-refractivity contribution in [2.24, 2.45) is 5.92 Å². The van der Waals surface area contributed by atoms with Gasteiger partial charge >= 0.3 is 0 Å². The van der Waals surface area contributed by atoms with E-state index in [2.05, 4.69) is 17.4 Å². The summed E-state index contributed by atoms with van der Waals surface area (Å²) in [4.78, 5) is 0. The average Bonchev–Trinajstić information content (AvgIpc) is 2.23. The quantitative estimate of drug-likeness (QED) is 0.730. The predicted octanol–water partition coefficient (Wildman–Crippen LogP) is 2.56. The Kier molecular flexibility index (Phi) is 3.82. The maximum atomic E-state index is 3.71. The van der Waals surface area contributed by atoms with Crippen LogP contribution in [0.1, 0.15) is 51.9 Å². The summed E-state index contributed by atoms with van der Waals surface area (Å²) in [6.07, 6.45) is 9.82. The molecular formula is C12H24N2. The Labute approximate surface area is 88.0 Å². The standard InChI is InChI=1S/C12H24N2/c1-11-5-7-12(8-6-11)13-14-9-3-2-4-10-14/h11-13H,2-10H2,1H3. The number of piperidine rings is 1. The van der Waals surface area contributed by atoms with Gasteiger partial charge in [0.05, 0.1) is 0 Å². The fourth-order valence-electron chi connectivity index (χ4n) is 2.67. The molecule has 2 rings (SSSR count). The van der Waals surface area contributed by atoms with Crippen molar-refractivity contribution in [2.75, 3.05) is 13.1 Å². The monoisotopic (exact) mass is 196 g/mol. The van der Waals surface area contributed by atoms with Gasteiger partial charge in [0.1, 0.15) is 0 Å². The second-order valence-electron chi connectivity index (χ2n) is 5.13. The number of nitrogens with one attached hydrogen (secondary N) is 1. The lowest BCUT2D eigenvalue weighted by atomic mass is 9.88. The van der Waals surface area contributed by atoms with Crippen LogP contribution in [-0.4, -0.2) is 24.1 Å². The summed E-state index contributed by atoms with van der Waals surface area (Å²) in [7, 11) is 0. The number of hydrazine groups is 1. The molecule has 1 saturated heterocycles. The molecule has 2 fully saturated rings. The summed E-state index contributed by atoms with van der Waals surface area (Å²) in [5.41, 5.74) is 3.71. The molecule has 1 saturated carbocycles. The van der Waals surface area contributed by atoms with Gasteiger partial charge < -0.3 is 0 Å². The molecule has 0 aromatic carbocycles. The molecule has 0 aromatic rings. The van der Waals surface area contributed by atoms with Gasteiger partial charge in [-0.2, -0.15) is 0 Å². The van der Waals surface area contributed by atoms with Gasteiger partial charge in [-0.25, -0.2) is 5.01 Å². The van der Waals surface area contributed by atoms with E-state index in [0.717, 1.165) is 12.0 Å². The third-order valence-corrected chi connectivity index (χ3v) is 3.74. The summed E-state index contributed by atoms with van der Waals surface area (Å²) in [6.45, 7) is 4.93. The van der Waals surface area contributed by atoms with Crippen LogP contribution in [0.4, 0.5) is 0 Å². The molecule has 1 N–H and O–H groups in total. The average molecular weight is 196 g/mol. The molecule has 0 unspecified atom stereocenters. The van der Waals surface area contributed by atoms with Crippen LogP contribution in [0.2, 0.25) is 0 Å². The molecule has 0 amide bonds. The zero-order chi connectivity index (χ0) is 9.80. The van der Waals surface area contributed by atoms with Crippen molar-refractivity contribution in [2.45, 2.75) is 57.9 Å². The number of hydrogen-bond acceptors (Lipinski definition) is 2. The van der Waals surface area contributed by atoms with Crippen LogP contribution in [0.15, 0.2) is 0 Å². The molecule has 1 aliphatic heterocycles. The molecule has 2 aliphatic rings. The summed E-state index contributed by atoms with van der Waals surface area (Å²) in [6, 6.07) is 0.782. The minimum Gasteiger partial charge on any atom is -0.252 e. The molecule has 0 radical (unpaired) electrons. The van der Waals surface area contributed by atoms with E-state index in [1.165, 1.54) is 58.0 Å². The SMILES string of the molecule is CC1CCC(NN2CCCCC2)CC1. The summed E-state index contributed by atoms with van der Waals surface area (Å²) in [5, 5.41) is 2.46. The molecule has 2 heteroatoms. The van der Waals surface area contributed by atoms with Gasteiger partial charge in [-0.3, -0.25) is 5.43 Å². The van der Waals surface area contributed by atoms with Crippen LogP contribution in [-0.2, 0) is 0 Å². The van der Waals surface area contributed by atoms with Crippen molar-refractivity contribution in [1.82, 2.24) is 10.4 Å². The Balaban J connectivity index is 1.68. The van der Waals surface area contributed by atoms with E-state index in [-0.39, 0.29) is 0 Å². The van der Waals surface area contributed by atoms with Crippen molar-refractivity contribution < 1.29 is 0 Å². The van der Waals surface area contributed by atoms with Gasteiger partial charge in [-0.15, -0.1) is 0 Å². The van der Waals surface area contributed by atoms with Gasteiger partial charge in [0.2, 0.25) is 0 Å². The van der Waals surface area contributed by atoms with E-state index in [1.807, 2.05) is 0 Å². The fraction of sp³-hybridized carbons (Fsp3) is 1.00. The third-order valence-electron chi connectivity index (χ3n) is 3.74. The molecular weight excluding hydrogens is 172 g/mol. The maximum Gasteiger partial charge on any atom is 0.0215 e. The van der Waals surface area contributed by atoms with Gasteiger partial charge in [0.15, 0.2) is 0 Å². The Morgan fingerprint density at radius 1 is 0.929 bits per heavy atom. The number of rotatable bonds is 2. The van der Waals surface area contributed by atoms with Crippen molar-refractivity contribution in [3.63, 3.8) is 0 Å². The van der Waals surface area contributed by atoms with Crippen LogP contribution in [0, 0.1) is 5.92 Å². The second kappa shape index (κ2) is 5.13. The van der Waals surface area contributed by atoms with Crippen molar-refractivity contribution >= 4 is 0 Å². The molecule has 14 heavy (non-hydrogen) atoms. The maximum absolute atomic E-state index is 3.71. The molecule has 2 nitrogen and oxygen atoms in total. The highest BCUT2D eigenvalue weighted by Gasteiger charge is 2.20. The van der Waals surface area contributed by atoms with Gasteiger partial charge in [-0.05, 0) is 44.4 Å². The molecule has 1 heterocycles. The minimum absolute atomic E-state index is 0.782. The van der Waals surface area contributed by atoms with Crippen LogP contribution in [0.5, 0.6) is 0 Å². The van der Waals surface area contributed by atoms with E-state index >= 15 is 0 Å². The van der Waals surface area contributed by atoms with E-state index in [0.29, 0.717) is 0 Å². The van der Waals surface area contributed by atoms with Gasteiger partial charge in [-0.1, -0.05) is 13.3 Å². The molecule has 1 aliphatic carbocycles. The Bertz CT molecular complexity index is 156. The Morgan fingerprint density at radius 2 is 1.57 bits per heavy atom. The summed E-state index contributed by atoms with van der Waals surface area (Å²) < 4.78 is 0. The van der Waals surface area contributed by atoms with E-state index in [9.17, 15) is 0 Å². The van der Waals surface area contributed by atoms with Crippen LogP contribution >= 0.6 is 0 Å². The van der Waals surface area contributed by atoms with E-state index < -0.39 is 0 Å². The van der Waals surface area contributed by atoms with Gasteiger partial charge in [0, 0.05) is 19.1 Å². The highest BCUT2D eigenvalue weighted by Crippen LogP contribution is 2.23. The van der Waals surface area contributed by atoms with E-state index in [4.69, 9.17) is 0 Å². The molecule has 0 bridgehead atoms. The topological polar surface area (TPSA) is 15.3 Å². The van der Waals surface area contributed by atoms with Crippen molar-refractivity contribution in [3.05, 3.63) is 0 Å². The summed E-state index contributed by atoms with van der Waals surface area (Å²) >= 11 is 0. The molecule has 0 spiro atoms. The second-order valence-corrected chi connectivity index (χ2v) is 5.13. The first-order valence-electron chi connectivity index (χ1n) is 6.36. The lowest BCUT2D eigenvalue weighted by molar-refractivity contribution is 0.108. The predicted molar refractivity (Wildman–Crippen MR) is 60.0 cm³/mol. The third kappa shape index (κ3) is 2.96. The Morgan fingerprint density at radius 3 is 2.21 bits per heavy atom. The van der Waals surface area contributed by atoms with Gasteiger partial charge in [0.25, 0.3) is 0 Å². The Hall–Kier alpha value is -0.0800. The first-order chi connectivity index (χ1) is 6.84. The number of hydrogen-bond donors (Lipinski definition) is 1. The highest BCUT2D eigenvalue weighted by molar-refractivity contribution is 4.75. The highest BCUT2D eigenvalue weighted by atomic mass is 15.5. The van der Waals surface area contributed by atoms with Crippen molar-refractivity contribution in [3.8, 4) is 0 Å². The normalized spacial score (nSPS) is 35.8. The lowest BCUT2D eigenvalue weighted by Crippen LogP contribution is -2.48. The molecule has 0 aromatic heterocycles. The van der Waals surface area contributed by atoms with E-state index in [1.54, 1.807) is 0 Å². The molecule has 82 valence electrons. The van der Waals surface area contributed by atoms with Crippen LogP contribution in [0.3, 0.4) is 0 Å². The largest absolute Gasteiger partial charge is 0.252 e. The van der Waals surface area contributed by atoms with Crippen LogP contribution < -0.4 is 5.43 Å². The summed E-state index contributed by atoms with van der Waals surface area (Å²) in [5.74, 6) is 0.967. The smallest absolute Gasteiger partial charge is 0.0215 e. The number of nitrogens with zero attached hydrogens (tertiary/aromatic N) is 1. The zero-order valence-electron chi connectivity index (χ0n) is 9.47. The molecule has 0 atom stereocenters.